The lowest BCUT2D eigenvalue weighted by atomic mass is 10.2. The average molecular weight is 230 g/mol. The zero-order valence-electron chi connectivity index (χ0n) is 6.05. The summed E-state index contributed by atoms with van der Waals surface area (Å²) >= 11 is 3.20. The lowest BCUT2D eigenvalue weighted by molar-refractivity contribution is 0.562. The van der Waals surface area contributed by atoms with E-state index in [-0.39, 0.29) is 12.4 Å². The van der Waals surface area contributed by atoms with Crippen molar-refractivity contribution in [2.24, 2.45) is 4.99 Å². The average Bonchev–Trinajstić information content (AvgIpc) is 2.07. The second kappa shape index (κ2) is 4.14. The second-order valence-electron chi connectivity index (χ2n) is 2.14. The molecule has 0 bridgehead atoms. The van der Waals surface area contributed by atoms with Crippen molar-refractivity contribution in [1.82, 2.24) is 0 Å². The van der Waals surface area contributed by atoms with E-state index < -0.39 is 0 Å². The van der Waals surface area contributed by atoms with Crippen LogP contribution in [-0.2, 0) is 11.3 Å². The van der Waals surface area contributed by atoms with Crippen molar-refractivity contribution in [1.29, 1.82) is 0 Å². The van der Waals surface area contributed by atoms with Gasteiger partial charge in [0.05, 0.1) is 6.54 Å². The summed E-state index contributed by atoms with van der Waals surface area (Å²) in [5.74, 6) is -0.339. The number of isocyanates is 1. The fraction of sp³-hybridized carbons (Fsp3) is 0.125. The number of nitrogens with zero attached hydrogens (tertiary/aromatic N) is 1. The van der Waals surface area contributed by atoms with E-state index in [1.165, 1.54) is 18.2 Å². The molecule has 0 heterocycles. The number of rotatable bonds is 2. The van der Waals surface area contributed by atoms with Crippen LogP contribution >= 0.6 is 15.9 Å². The third-order valence-electron chi connectivity index (χ3n) is 1.32. The molecule has 0 aliphatic rings. The van der Waals surface area contributed by atoms with Crippen molar-refractivity contribution in [3.05, 3.63) is 34.1 Å². The highest BCUT2D eigenvalue weighted by Gasteiger charge is 1.99. The van der Waals surface area contributed by atoms with Crippen molar-refractivity contribution in [2.45, 2.75) is 6.54 Å². The Balaban J connectivity index is 2.96. The minimum absolute atomic E-state index is 0.155. The summed E-state index contributed by atoms with van der Waals surface area (Å²) in [7, 11) is 0. The van der Waals surface area contributed by atoms with Gasteiger partial charge >= 0.3 is 0 Å². The molecule has 1 rings (SSSR count). The highest BCUT2D eigenvalue weighted by atomic mass is 79.9. The smallest absolute Gasteiger partial charge is 0.211 e. The first kappa shape index (κ1) is 9.10. The van der Waals surface area contributed by atoms with Crippen LogP contribution in [0.5, 0.6) is 0 Å². The van der Waals surface area contributed by atoms with Gasteiger partial charge in [-0.2, -0.15) is 0 Å². The van der Waals surface area contributed by atoms with Crippen LogP contribution in [-0.4, -0.2) is 6.08 Å². The van der Waals surface area contributed by atoms with Gasteiger partial charge in [-0.15, -0.1) is 0 Å². The third kappa shape index (κ3) is 2.26. The van der Waals surface area contributed by atoms with Crippen molar-refractivity contribution in [3.8, 4) is 0 Å². The number of halogens is 2. The van der Waals surface area contributed by atoms with Crippen LogP contribution in [0.25, 0.3) is 0 Å². The molecule has 62 valence electrons. The Morgan fingerprint density at radius 1 is 1.58 bits per heavy atom. The molecule has 0 fully saturated rings. The molecule has 0 unspecified atom stereocenters. The Hall–Kier alpha value is -0.990. The summed E-state index contributed by atoms with van der Waals surface area (Å²) in [6, 6.07) is 4.23. The first-order valence-corrected chi connectivity index (χ1v) is 4.01. The molecule has 0 aliphatic heterocycles. The van der Waals surface area contributed by atoms with Gasteiger partial charge in [0, 0.05) is 4.47 Å². The van der Waals surface area contributed by atoms with E-state index in [2.05, 4.69) is 20.9 Å². The van der Waals surface area contributed by atoms with Crippen molar-refractivity contribution < 1.29 is 9.18 Å². The Morgan fingerprint density at radius 3 is 3.00 bits per heavy atom. The second-order valence-corrected chi connectivity index (χ2v) is 3.00. The van der Waals surface area contributed by atoms with E-state index in [0.29, 0.717) is 5.56 Å². The molecule has 0 atom stereocenters. The summed E-state index contributed by atoms with van der Waals surface area (Å²) in [6.07, 6.45) is 1.39. The highest BCUT2D eigenvalue weighted by molar-refractivity contribution is 9.10. The van der Waals surface area contributed by atoms with Crippen molar-refractivity contribution >= 4 is 22.0 Å². The van der Waals surface area contributed by atoms with Gasteiger partial charge in [0.25, 0.3) is 0 Å². The minimum Gasteiger partial charge on any atom is -0.211 e. The van der Waals surface area contributed by atoms with E-state index in [9.17, 15) is 9.18 Å². The molecule has 12 heavy (non-hydrogen) atoms. The first-order chi connectivity index (χ1) is 5.74. The van der Waals surface area contributed by atoms with Gasteiger partial charge in [-0.1, -0.05) is 15.9 Å². The Bertz CT molecular complexity index is 334. The molecular weight excluding hydrogens is 225 g/mol. The Morgan fingerprint density at radius 2 is 2.33 bits per heavy atom. The number of aliphatic imine (C=N–C) groups is 1. The van der Waals surface area contributed by atoms with Gasteiger partial charge in [-0.05, 0) is 23.8 Å². The fourth-order valence-corrected chi connectivity index (χ4v) is 1.15. The highest BCUT2D eigenvalue weighted by Crippen LogP contribution is 2.18. The van der Waals surface area contributed by atoms with Gasteiger partial charge in [0.2, 0.25) is 6.08 Å². The van der Waals surface area contributed by atoms with Gasteiger partial charge in [0.1, 0.15) is 5.82 Å². The molecule has 1 aromatic rings. The maximum absolute atomic E-state index is 12.6. The van der Waals surface area contributed by atoms with Crippen LogP contribution in [0.4, 0.5) is 4.39 Å². The quantitative estimate of drug-likeness (QED) is 0.566. The maximum Gasteiger partial charge on any atom is 0.235 e. The molecule has 0 radical (unpaired) electrons. The SMILES string of the molecule is O=C=NCc1cc(F)ccc1Br. The summed E-state index contributed by atoms with van der Waals surface area (Å²) < 4.78 is 13.4. The van der Waals surface area contributed by atoms with E-state index in [0.717, 1.165) is 4.47 Å². The minimum atomic E-state index is -0.339. The standard InChI is InChI=1S/C8H5BrFNO/c9-8-2-1-7(10)3-6(8)4-11-5-12/h1-3H,4H2. The molecule has 0 amide bonds. The predicted octanol–water partition coefficient (Wildman–Crippen LogP) is 2.42. The largest absolute Gasteiger partial charge is 0.235 e. The summed E-state index contributed by atoms with van der Waals surface area (Å²) in [5, 5.41) is 0. The summed E-state index contributed by atoms with van der Waals surface area (Å²) in [5.41, 5.74) is 0.637. The van der Waals surface area contributed by atoms with E-state index in [1.54, 1.807) is 6.07 Å². The van der Waals surface area contributed by atoms with Crippen molar-refractivity contribution in [3.63, 3.8) is 0 Å². The van der Waals surface area contributed by atoms with Crippen LogP contribution in [0, 0.1) is 5.82 Å². The molecule has 0 N–H and O–H groups in total. The summed E-state index contributed by atoms with van der Waals surface area (Å²) in [6.45, 7) is 0.155. The van der Waals surface area contributed by atoms with Crippen LogP contribution < -0.4 is 0 Å². The van der Waals surface area contributed by atoms with Gasteiger partial charge in [-0.3, -0.25) is 0 Å². The maximum atomic E-state index is 12.6. The monoisotopic (exact) mass is 229 g/mol. The molecule has 0 aromatic heterocycles. The van der Waals surface area contributed by atoms with Crippen LogP contribution in [0.15, 0.2) is 27.7 Å². The molecule has 0 saturated carbocycles. The topological polar surface area (TPSA) is 29.4 Å². The van der Waals surface area contributed by atoms with Gasteiger partial charge in [-0.25, -0.2) is 14.2 Å². The molecule has 0 aliphatic carbocycles. The van der Waals surface area contributed by atoms with E-state index in [1.807, 2.05) is 0 Å². The molecule has 0 spiro atoms. The summed E-state index contributed by atoms with van der Waals surface area (Å²) in [4.78, 5) is 13.1. The van der Waals surface area contributed by atoms with Crippen LogP contribution in [0.3, 0.4) is 0 Å². The Labute approximate surface area is 77.3 Å². The lowest BCUT2D eigenvalue weighted by Gasteiger charge is -1.98. The Kier molecular flexibility index (Phi) is 3.14. The van der Waals surface area contributed by atoms with E-state index >= 15 is 0 Å². The first-order valence-electron chi connectivity index (χ1n) is 3.21. The number of hydrogen-bond donors (Lipinski definition) is 0. The number of hydrogen-bond acceptors (Lipinski definition) is 2. The predicted molar refractivity (Wildman–Crippen MR) is 45.9 cm³/mol. The normalized spacial score (nSPS) is 9.17. The zero-order chi connectivity index (χ0) is 8.97. The molecular formula is C8H5BrFNO. The van der Waals surface area contributed by atoms with Gasteiger partial charge < -0.3 is 0 Å². The van der Waals surface area contributed by atoms with Crippen LogP contribution in [0.1, 0.15) is 5.56 Å². The zero-order valence-corrected chi connectivity index (χ0v) is 7.64. The molecule has 2 nitrogen and oxygen atoms in total. The van der Waals surface area contributed by atoms with Gasteiger partial charge in [0.15, 0.2) is 0 Å². The van der Waals surface area contributed by atoms with Crippen LogP contribution in [0.2, 0.25) is 0 Å². The third-order valence-corrected chi connectivity index (χ3v) is 2.10. The lowest BCUT2D eigenvalue weighted by Crippen LogP contribution is -1.85. The molecule has 4 heteroatoms. The van der Waals surface area contributed by atoms with Crippen molar-refractivity contribution in [2.75, 3.05) is 0 Å². The number of benzene rings is 1. The fourth-order valence-electron chi connectivity index (χ4n) is 0.782. The molecule has 1 aromatic carbocycles. The molecule has 0 saturated heterocycles. The number of carbonyl (C=O) groups excluding carboxylic acids is 1. The van der Waals surface area contributed by atoms with E-state index in [4.69, 9.17) is 0 Å².